The molecular formula is C23H26N4O3S. The Morgan fingerprint density at radius 3 is 2.77 bits per heavy atom. The summed E-state index contributed by atoms with van der Waals surface area (Å²) in [6.45, 7) is 4.62. The first-order valence-corrected chi connectivity index (χ1v) is 11.3. The van der Waals surface area contributed by atoms with Crippen LogP contribution < -0.4 is 10.2 Å². The molecule has 1 aliphatic rings. The molecule has 0 radical (unpaired) electrons. The second-order valence-electron chi connectivity index (χ2n) is 7.73. The highest BCUT2D eigenvalue weighted by atomic mass is 32.1. The lowest BCUT2D eigenvalue weighted by atomic mass is 10.1. The maximum absolute atomic E-state index is 13.0. The van der Waals surface area contributed by atoms with Gasteiger partial charge < -0.3 is 19.5 Å². The van der Waals surface area contributed by atoms with Crippen LogP contribution in [0.5, 0.6) is 0 Å². The van der Waals surface area contributed by atoms with Gasteiger partial charge >= 0.3 is 5.97 Å². The number of hydrogen-bond donors (Lipinski definition) is 1. The molecule has 0 spiro atoms. The van der Waals surface area contributed by atoms with Crippen molar-refractivity contribution in [3.63, 3.8) is 0 Å². The molecule has 7 nitrogen and oxygen atoms in total. The molecule has 1 aliphatic heterocycles. The molecule has 1 N–H and O–H groups in total. The fourth-order valence-corrected chi connectivity index (χ4v) is 4.66. The molecule has 1 saturated heterocycles. The predicted molar refractivity (Wildman–Crippen MR) is 122 cm³/mol. The fourth-order valence-electron chi connectivity index (χ4n) is 3.79. The summed E-state index contributed by atoms with van der Waals surface area (Å²) in [5.41, 5.74) is 3.43. The number of carbonyl (C=O) groups excluding carboxylic acids is 2. The van der Waals surface area contributed by atoms with Crippen LogP contribution in [0.4, 0.5) is 10.8 Å². The van der Waals surface area contributed by atoms with Gasteiger partial charge in [0.2, 0.25) is 0 Å². The molecule has 1 amide bonds. The normalized spacial score (nSPS) is 13.8. The van der Waals surface area contributed by atoms with Crippen molar-refractivity contribution in [2.45, 2.75) is 32.7 Å². The summed E-state index contributed by atoms with van der Waals surface area (Å²) in [6.07, 6.45) is 5.68. The number of carbonyl (C=O) groups is 2. The summed E-state index contributed by atoms with van der Waals surface area (Å²) in [7, 11) is 1.33. The number of methoxy groups -OCH3 is 1. The summed E-state index contributed by atoms with van der Waals surface area (Å²) in [6, 6.07) is 8.57. The third-order valence-corrected chi connectivity index (χ3v) is 6.26. The van der Waals surface area contributed by atoms with E-state index in [1.807, 2.05) is 23.8 Å². The first-order valence-electron chi connectivity index (χ1n) is 10.4. The Balaban J connectivity index is 1.49. The Kier molecular flexibility index (Phi) is 6.36. The van der Waals surface area contributed by atoms with E-state index < -0.39 is 5.97 Å². The van der Waals surface area contributed by atoms with E-state index in [2.05, 4.69) is 15.6 Å². The fraction of sp³-hybridized carbons (Fsp3) is 0.348. The van der Waals surface area contributed by atoms with Gasteiger partial charge in [-0.25, -0.2) is 9.78 Å². The van der Waals surface area contributed by atoms with E-state index in [-0.39, 0.29) is 5.91 Å². The van der Waals surface area contributed by atoms with Gasteiger partial charge in [0.05, 0.1) is 24.9 Å². The van der Waals surface area contributed by atoms with Crippen molar-refractivity contribution in [2.24, 2.45) is 0 Å². The molecule has 3 heterocycles. The Morgan fingerprint density at radius 2 is 2.00 bits per heavy atom. The van der Waals surface area contributed by atoms with Crippen LogP contribution in [0.3, 0.4) is 0 Å². The monoisotopic (exact) mass is 438 g/mol. The van der Waals surface area contributed by atoms with Crippen molar-refractivity contribution in [3.05, 3.63) is 64.4 Å². The number of anilines is 2. The SMILES string of the molecule is COC(=O)c1cccc(NC(=O)c2cc(C)cn2Cc2csc(N3CCCCC3)n2)c1. The van der Waals surface area contributed by atoms with Crippen LogP contribution >= 0.6 is 11.3 Å². The Labute approximate surface area is 185 Å². The van der Waals surface area contributed by atoms with Crippen molar-refractivity contribution >= 4 is 34.0 Å². The smallest absolute Gasteiger partial charge is 0.337 e. The zero-order valence-corrected chi connectivity index (χ0v) is 18.6. The highest BCUT2D eigenvalue weighted by Crippen LogP contribution is 2.25. The number of benzene rings is 1. The third kappa shape index (κ3) is 4.96. The minimum absolute atomic E-state index is 0.235. The first-order chi connectivity index (χ1) is 15.0. The largest absolute Gasteiger partial charge is 0.465 e. The zero-order valence-electron chi connectivity index (χ0n) is 17.8. The third-order valence-electron chi connectivity index (χ3n) is 5.31. The van der Waals surface area contributed by atoms with Crippen molar-refractivity contribution in [2.75, 3.05) is 30.4 Å². The van der Waals surface area contributed by atoms with Gasteiger partial charge in [-0.3, -0.25) is 4.79 Å². The van der Waals surface area contributed by atoms with Gasteiger partial charge in [-0.1, -0.05) is 6.07 Å². The van der Waals surface area contributed by atoms with Gasteiger partial charge in [0.1, 0.15) is 5.69 Å². The van der Waals surface area contributed by atoms with E-state index >= 15 is 0 Å². The number of piperidine rings is 1. The number of thiazole rings is 1. The quantitative estimate of drug-likeness (QED) is 0.580. The number of nitrogens with one attached hydrogen (secondary N) is 1. The van der Waals surface area contributed by atoms with E-state index in [9.17, 15) is 9.59 Å². The lowest BCUT2D eigenvalue weighted by Gasteiger charge is -2.25. The van der Waals surface area contributed by atoms with Gasteiger partial charge in [0, 0.05) is 30.4 Å². The van der Waals surface area contributed by atoms with E-state index in [4.69, 9.17) is 9.72 Å². The Morgan fingerprint density at radius 1 is 1.19 bits per heavy atom. The van der Waals surface area contributed by atoms with E-state index in [1.54, 1.807) is 35.6 Å². The number of rotatable bonds is 6. The number of hydrogen-bond acceptors (Lipinski definition) is 6. The van der Waals surface area contributed by atoms with Gasteiger partial charge in [0.25, 0.3) is 5.91 Å². The zero-order chi connectivity index (χ0) is 21.8. The minimum atomic E-state index is -0.441. The highest BCUT2D eigenvalue weighted by molar-refractivity contribution is 7.13. The number of nitrogens with zero attached hydrogens (tertiary/aromatic N) is 3. The molecule has 0 atom stereocenters. The van der Waals surface area contributed by atoms with Crippen LogP contribution in [0, 0.1) is 6.92 Å². The second-order valence-corrected chi connectivity index (χ2v) is 8.56. The topological polar surface area (TPSA) is 76.5 Å². The van der Waals surface area contributed by atoms with Crippen LogP contribution in [-0.4, -0.2) is 41.6 Å². The van der Waals surface area contributed by atoms with Crippen molar-refractivity contribution in [1.29, 1.82) is 0 Å². The van der Waals surface area contributed by atoms with E-state index in [0.29, 0.717) is 23.5 Å². The maximum atomic E-state index is 13.0. The van der Waals surface area contributed by atoms with Crippen LogP contribution in [0.1, 0.15) is 51.4 Å². The molecule has 0 unspecified atom stereocenters. The van der Waals surface area contributed by atoms with Crippen molar-refractivity contribution in [1.82, 2.24) is 9.55 Å². The van der Waals surface area contributed by atoms with Gasteiger partial charge in [-0.15, -0.1) is 11.3 Å². The lowest BCUT2D eigenvalue weighted by molar-refractivity contribution is 0.0600. The summed E-state index contributed by atoms with van der Waals surface area (Å²) in [5.74, 6) is -0.676. The molecule has 4 rings (SSSR count). The highest BCUT2D eigenvalue weighted by Gasteiger charge is 2.17. The maximum Gasteiger partial charge on any atom is 0.337 e. The number of aromatic nitrogens is 2. The molecule has 162 valence electrons. The summed E-state index contributed by atoms with van der Waals surface area (Å²) in [5, 5.41) is 6.01. The molecule has 1 fully saturated rings. The molecule has 31 heavy (non-hydrogen) atoms. The summed E-state index contributed by atoms with van der Waals surface area (Å²) < 4.78 is 6.67. The van der Waals surface area contributed by atoms with Crippen molar-refractivity contribution in [3.8, 4) is 0 Å². The minimum Gasteiger partial charge on any atom is -0.465 e. The molecular weight excluding hydrogens is 412 g/mol. The number of amides is 1. The van der Waals surface area contributed by atoms with Gasteiger partial charge in [-0.05, 0) is 56.0 Å². The second kappa shape index (κ2) is 9.34. The summed E-state index contributed by atoms with van der Waals surface area (Å²) >= 11 is 1.66. The lowest BCUT2D eigenvalue weighted by Crippen LogP contribution is -2.29. The molecule has 0 bridgehead atoms. The average molecular weight is 439 g/mol. The molecule has 0 saturated carbocycles. The Hall–Kier alpha value is -3.13. The van der Waals surface area contributed by atoms with Crippen LogP contribution in [-0.2, 0) is 11.3 Å². The first kappa shape index (κ1) is 21.1. The standard InChI is InChI=1S/C23H26N4O3S/c1-16-11-20(21(28)24-18-8-6-7-17(12-18)22(29)30-2)27(13-16)14-19-15-31-23(25-19)26-9-4-3-5-10-26/h6-8,11-13,15H,3-5,9-10,14H2,1-2H3,(H,24,28). The van der Waals surface area contributed by atoms with Crippen LogP contribution in [0.25, 0.3) is 0 Å². The van der Waals surface area contributed by atoms with Crippen LogP contribution in [0.2, 0.25) is 0 Å². The number of ether oxygens (including phenoxy) is 1. The molecule has 8 heteroatoms. The predicted octanol–water partition coefficient (Wildman–Crippen LogP) is 4.33. The molecule has 2 aromatic heterocycles. The van der Waals surface area contributed by atoms with Gasteiger partial charge in [0.15, 0.2) is 5.13 Å². The number of aryl methyl sites for hydroxylation is 1. The molecule has 3 aromatic rings. The van der Waals surface area contributed by atoms with Crippen LogP contribution in [0.15, 0.2) is 41.9 Å². The van der Waals surface area contributed by atoms with Gasteiger partial charge in [-0.2, -0.15) is 0 Å². The van der Waals surface area contributed by atoms with Crippen molar-refractivity contribution < 1.29 is 14.3 Å². The number of esters is 1. The molecule has 1 aromatic carbocycles. The molecule has 0 aliphatic carbocycles. The van der Waals surface area contributed by atoms with E-state index in [0.717, 1.165) is 29.5 Å². The average Bonchev–Trinajstić information content (AvgIpc) is 3.40. The Bertz CT molecular complexity index is 1080. The van der Waals surface area contributed by atoms with E-state index in [1.165, 1.54) is 26.4 Å². The summed E-state index contributed by atoms with van der Waals surface area (Å²) in [4.78, 5) is 31.9.